The number of carbonyl (C=O) groups is 1. The van der Waals surface area contributed by atoms with Crippen LogP contribution in [0.3, 0.4) is 0 Å². The van der Waals surface area contributed by atoms with Gasteiger partial charge in [0.15, 0.2) is 12.7 Å². The lowest BCUT2D eigenvalue weighted by atomic mass is 9.86. The van der Waals surface area contributed by atoms with Crippen LogP contribution in [0.25, 0.3) is 0 Å². The van der Waals surface area contributed by atoms with Crippen molar-refractivity contribution in [3.63, 3.8) is 0 Å². The largest absolute Gasteiger partial charge is 1.00 e. The van der Waals surface area contributed by atoms with Crippen molar-refractivity contribution < 1.29 is 31.1 Å². The van der Waals surface area contributed by atoms with Gasteiger partial charge < -0.3 is 27.0 Å². The molecular weight excluding hydrogens is 628 g/mol. The first kappa shape index (κ1) is 38.0. The van der Waals surface area contributed by atoms with E-state index in [1.54, 1.807) is 11.3 Å². The van der Waals surface area contributed by atoms with Crippen molar-refractivity contribution >= 4 is 22.9 Å². The zero-order valence-electron chi connectivity index (χ0n) is 27.8. The van der Waals surface area contributed by atoms with Crippen molar-refractivity contribution in [2.75, 3.05) is 11.9 Å². The fourth-order valence-electron chi connectivity index (χ4n) is 5.41. The zero-order chi connectivity index (χ0) is 30.8. The van der Waals surface area contributed by atoms with Gasteiger partial charge in [0.05, 0.1) is 18.4 Å². The number of nitrogens with one attached hydrogen (secondary N) is 1. The van der Waals surface area contributed by atoms with Gasteiger partial charge in [-0.15, -0.1) is 0 Å². The molecule has 1 N–H and O–H groups in total. The van der Waals surface area contributed by atoms with Crippen molar-refractivity contribution in [3.05, 3.63) is 76.2 Å². The number of halogens is 1. The number of benzene rings is 2. The summed E-state index contributed by atoms with van der Waals surface area (Å²) in [5.41, 5.74) is 6.32. The van der Waals surface area contributed by atoms with Gasteiger partial charge in [0.25, 0.3) is 0 Å². The minimum absolute atomic E-state index is 0. The molecule has 0 bridgehead atoms. The highest BCUT2D eigenvalue weighted by Gasteiger charge is 2.18. The molecule has 3 rings (SSSR count). The third-order valence-electron chi connectivity index (χ3n) is 8.17. The second kappa shape index (κ2) is 21.5. The molecule has 44 heavy (non-hydrogen) atoms. The number of hydrogen-bond acceptors (Lipinski definition) is 3. The van der Waals surface area contributed by atoms with Crippen LogP contribution in [-0.4, -0.2) is 12.5 Å². The van der Waals surface area contributed by atoms with Gasteiger partial charge in [0.1, 0.15) is 5.75 Å². The number of carbonyl (C=O) groups excluding carboxylic acids is 1. The quantitative estimate of drug-likeness (QED) is 0.0937. The van der Waals surface area contributed by atoms with Gasteiger partial charge in [-0.05, 0) is 35.6 Å². The number of anilines is 1. The van der Waals surface area contributed by atoms with Crippen molar-refractivity contribution in [1.82, 2.24) is 0 Å². The van der Waals surface area contributed by atoms with Gasteiger partial charge in [-0.3, -0.25) is 4.79 Å². The third kappa shape index (κ3) is 15.2. The smallest absolute Gasteiger partial charge is 0.228 e. The second-order valence-corrected chi connectivity index (χ2v) is 13.9. The van der Waals surface area contributed by atoms with E-state index in [2.05, 4.69) is 85.0 Å². The molecule has 0 fully saturated rings. The van der Waals surface area contributed by atoms with Gasteiger partial charge in [0, 0.05) is 16.8 Å². The summed E-state index contributed by atoms with van der Waals surface area (Å²) in [6.45, 7) is 10.5. The van der Waals surface area contributed by atoms with Crippen LogP contribution in [0.1, 0.15) is 134 Å². The minimum Gasteiger partial charge on any atom is -1.00 e. The number of thiazole rings is 1. The maximum atomic E-state index is 13.0. The van der Waals surface area contributed by atoms with Gasteiger partial charge in [0.2, 0.25) is 11.4 Å². The molecule has 0 saturated carbocycles. The molecule has 1 aromatic heterocycles. The van der Waals surface area contributed by atoms with Crippen LogP contribution in [0, 0.1) is 0 Å². The van der Waals surface area contributed by atoms with E-state index in [9.17, 15) is 4.79 Å². The summed E-state index contributed by atoms with van der Waals surface area (Å²) in [5, 5.41) is 5.14. The van der Waals surface area contributed by atoms with Crippen molar-refractivity contribution in [2.24, 2.45) is 0 Å². The van der Waals surface area contributed by atoms with Crippen molar-refractivity contribution in [1.29, 1.82) is 0 Å². The third-order valence-corrected chi connectivity index (χ3v) is 8.84. The first-order chi connectivity index (χ1) is 20.8. The van der Waals surface area contributed by atoms with Gasteiger partial charge in [-0.2, -0.15) is 4.57 Å². The number of hydrogen-bond donors (Lipinski definition) is 1. The molecule has 0 aliphatic heterocycles. The first-order valence-corrected chi connectivity index (χ1v) is 17.9. The van der Waals surface area contributed by atoms with Crippen LogP contribution in [0.5, 0.6) is 5.75 Å². The van der Waals surface area contributed by atoms with E-state index in [-0.39, 0.29) is 28.3 Å². The van der Waals surface area contributed by atoms with Gasteiger partial charge >= 0.3 is 0 Å². The summed E-state index contributed by atoms with van der Waals surface area (Å²) in [6, 6.07) is 14.5. The number of unbranched alkanes of at least 4 members (excludes halogenated alkanes) is 13. The molecule has 1 heterocycles. The molecule has 0 aliphatic rings. The second-order valence-electron chi connectivity index (χ2n) is 13.1. The summed E-state index contributed by atoms with van der Waals surface area (Å²) in [6.07, 6.45) is 21.2. The Morgan fingerprint density at radius 3 is 1.95 bits per heavy atom. The van der Waals surface area contributed by atoms with E-state index in [0.717, 1.165) is 30.0 Å². The number of amides is 1. The van der Waals surface area contributed by atoms with Gasteiger partial charge in [-0.25, -0.2) is 0 Å². The van der Waals surface area contributed by atoms with Crippen LogP contribution in [-0.2, 0) is 23.2 Å². The maximum absolute atomic E-state index is 13.0. The first-order valence-electron chi connectivity index (χ1n) is 16.9. The molecule has 3 aromatic rings. The predicted octanol–water partition coefficient (Wildman–Crippen LogP) is 7.43. The molecule has 2 aromatic carbocycles. The molecule has 4 nitrogen and oxygen atoms in total. The van der Waals surface area contributed by atoms with Crippen molar-refractivity contribution in [2.45, 2.75) is 136 Å². The highest BCUT2D eigenvalue weighted by molar-refractivity contribution is 7.07. The molecule has 0 aliphatic carbocycles. The normalized spacial score (nSPS) is 11.3. The fourth-order valence-corrected chi connectivity index (χ4v) is 6.01. The van der Waals surface area contributed by atoms with Gasteiger partial charge in [-0.1, -0.05) is 147 Å². The molecule has 244 valence electrons. The number of rotatable bonds is 21. The summed E-state index contributed by atoms with van der Waals surface area (Å²) in [5.74, 6) is 0.824. The van der Waals surface area contributed by atoms with E-state index >= 15 is 0 Å². The van der Waals surface area contributed by atoms with Crippen molar-refractivity contribution in [3.8, 4) is 5.75 Å². The van der Waals surface area contributed by atoms with Crippen LogP contribution in [0.2, 0.25) is 0 Å². The van der Waals surface area contributed by atoms with E-state index in [1.807, 2.05) is 12.1 Å². The van der Waals surface area contributed by atoms with E-state index < -0.39 is 0 Å². The SMILES string of the molecule is CCCCCCCCCCCCCCCCOc1cc(C(C)(C)C)ccc1CC(=O)Nc1ccc(C[n+]2ccsc2)cc1.[Br-]. The standard InChI is InChI=1S/C38H56N2O2S.BrH/c1-5-6-7-8-9-10-11-12-13-14-15-16-17-18-26-42-36-29-34(38(2,3)4)22-21-33(36)28-37(41)39-35-23-19-32(20-24-35)30-40-25-27-43-31-40;/h19-25,27,29,31H,5-18,26,28,30H2,1-4H3;1H. The molecule has 6 heteroatoms. The Labute approximate surface area is 282 Å². The Morgan fingerprint density at radius 1 is 0.818 bits per heavy atom. The van der Waals surface area contributed by atoms with Crippen LogP contribution >= 0.6 is 11.3 Å². The Balaban J connectivity index is 0.00000675. The summed E-state index contributed by atoms with van der Waals surface area (Å²) < 4.78 is 8.47. The molecular formula is C38H57BrN2O2S. The highest BCUT2D eigenvalue weighted by atomic mass is 79.9. The molecule has 0 spiro atoms. The molecule has 0 saturated heterocycles. The Morgan fingerprint density at radius 2 is 1.41 bits per heavy atom. The zero-order valence-corrected chi connectivity index (χ0v) is 30.2. The molecule has 1 amide bonds. The minimum atomic E-state index is -0.0233. The number of nitrogens with zero attached hydrogens (tertiary/aromatic N) is 1. The van der Waals surface area contributed by atoms with Crippen LogP contribution in [0.4, 0.5) is 5.69 Å². The molecule has 0 unspecified atom stereocenters. The fraction of sp³-hybridized carbons (Fsp3) is 0.579. The summed E-state index contributed by atoms with van der Waals surface area (Å²) in [4.78, 5) is 13.0. The Hall–Kier alpha value is -2.18. The average molecular weight is 686 g/mol. The number of ether oxygens (including phenoxy) is 1. The van der Waals surface area contributed by atoms with Crippen LogP contribution in [0.15, 0.2) is 59.6 Å². The van der Waals surface area contributed by atoms with E-state index in [0.29, 0.717) is 13.0 Å². The topological polar surface area (TPSA) is 42.2 Å². The maximum Gasteiger partial charge on any atom is 0.228 e. The monoisotopic (exact) mass is 684 g/mol. The summed E-state index contributed by atoms with van der Waals surface area (Å²) >= 11 is 1.68. The predicted molar refractivity (Wildman–Crippen MR) is 183 cm³/mol. The van der Waals surface area contributed by atoms with Crippen LogP contribution < -0.4 is 31.6 Å². The lowest BCUT2D eigenvalue weighted by molar-refractivity contribution is -0.683. The lowest BCUT2D eigenvalue weighted by Gasteiger charge is -2.21. The lowest BCUT2D eigenvalue weighted by Crippen LogP contribution is -3.00. The number of aromatic nitrogens is 1. The highest BCUT2D eigenvalue weighted by Crippen LogP contribution is 2.29. The molecule has 0 radical (unpaired) electrons. The van der Waals surface area contributed by atoms with E-state index in [1.165, 1.54) is 94.6 Å². The Kier molecular flexibility index (Phi) is 18.6. The molecule has 0 atom stereocenters. The van der Waals surface area contributed by atoms with E-state index in [4.69, 9.17) is 4.74 Å². The Bertz CT molecular complexity index is 1170. The average Bonchev–Trinajstić information content (AvgIpc) is 3.49. The summed E-state index contributed by atoms with van der Waals surface area (Å²) in [7, 11) is 0.